The number of halogens is 3. The number of piperazine rings is 1. The number of rotatable bonds is 2. The zero-order valence-corrected chi connectivity index (χ0v) is 14.8. The Kier molecular flexibility index (Phi) is 4.96. The van der Waals surface area contributed by atoms with E-state index in [-0.39, 0.29) is 23.3 Å². The Morgan fingerprint density at radius 3 is 2.54 bits per heavy atom. The fraction of sp³-hybridized carbons (Fsp3) is 0.278. The minimum absolute atomic E-state index is 0.0426. The van der Waals surface area contributed by atoms with Crippen LogP contribution in [0.1, 0.15) is 22.0 Å². The molecule has 0 radical (unpaired) electrons. The highest BCUT2D eigenvalue weighted by molar-refractivity contribution is 9.10. The number of nitrogens with zero attached hydrogens (tertiary/aromatic N) is 2. The van der Waals surface area contributed by atoms with Gasteiger partial charge in [-0.05, 0) is 42.9 Å². The van der Waals surface area contributed by atoms with Crippen molar-refractivity contribution in [1.29, 1.82) is 0 Å². The summed E-state index contributed by atoms with van der Waals surface area (Å²) in [4.78, 5) is 16.7. The summed E-state index contributed by atoms with van der Waals surface area (Å²) in [6, 6.07) is 10.2. The second-order valence-electron chi connectivity index (χ2n) is 5.95. The van der Waals surface area contributed by atoms with Crippen LogP contribution >= 0.6 is 15.9 Å². The molecular weight excluding hydrogens is 378 g/mol. The Morgan fingerprint density at radius 2 is 1.83 bits per heavy atom. The summed E-state index contributed by atoms with van der Waals surface area (Å²) in [5.74, 6) is -1.21. The Hall–Kier alpha value is -1.79. The average Bonchev–Trinajstić information content (AvgIpc) is 2.57. The van der Waals surface area contributed by atoms with Gasteiger partial charge in [0.1, 0.15) is 11.6 Å². The SMILES string of the molecule is CN1CCN(C(=O)c2cc(Br)ccc2F)C(c2ccc(F)cc2)C1. The molecule has 0 bridgehead atoms. The van der Waals surface area contributed by atoms with Gasteiger partial charge in [-0.3, -0.25) is 4.79 Å². The van der Waals surface area contributed by atoms with E-state index in [1.54, 1.807) is 23.1 Å². The van der Waals surface area contributed by atoms with Gasteiger partial charge in [0.2, 0.25) is 0 Å². The molecule has 1 fully saturated rings. The maximum atomic E-state index is 14.1. The summed E-state index contributed by atoms with van der Waals surface area (Å²) >= 11 is 3.28. The van der Waals surface area contributed by atoms with Crippen molar-refractivity contribution in [3.63, 3.8) is 0 Å². The maximum absolute atomic E-state index is 14.1. The molecule has 1 unspecified atom stereocenters. The van der Waals surface area contributed by atoms with Crippen LogP contribution in [0.2, 0.25) is 0 Å². The molecule has 0 N–H and O–H groups in total. The van der Waals surface area contributed by atoms with E-state index in [1.807, 2.05) is 7.05 Å². The van der Waals surface area contributed by atoms with Gasteiger partial charge in [0.25, 0.3) is 5.91 Å². The number of hydrogen-bond donors (Lipinski definition) is 0. The van der Waals surface area contributed by atoms with E-state index < -0.39 is 5.82 Å². The normalized spacial score (nSPS) is 18.7. The van der Waals surface area contributed by atoms with E-state index in [2.05, 4.69) is 20.8 Å². The predicted molar refractivity (Wildman–Crippen MR) is 91.8 cm³/mol. The van der Waals surface area contributed by atoms with Crippen LogP contribution in [0.25, 0.3) is 0 Å². The van der Waals surface area contributed by atoms with Gasteiger partial charge in [-0.1, -0.05) is 28.1 Å². The molecular formula is C18H17BrF2N2O. The van der Waals surface area contributed by atoms with Crippen LogP contribution in [-0.2, 0) is 0 Å². The van der Waals surface area contributed by atoms with Crippen LogP contribution in [0, 0.1) is 11.6 Å². The number of amides is 1. The quantitative estimate of drug-likeness (QED) is 0.771. The first kappa shape index (κ1) is 17.0. The van der Waals surface area contributed by atoms with Gasteiger partial charge < -0.3 is 9.80 Å². The molecule has 0 aromatic heterocycles. The van der Waals surface area contributed by atoms with Crippen molar-refractivity contribution in [2.45, 2.75) is 6.04 Å². The minimum Gasteiger partial charge on any atom is -0.329 e. The molecule has 1 aliphatic heterocycles. The van der Waals surface area contributed by atoms with E-state index in [4.69, 9.17) is 0 Å². The Bertz CT molecular complexity index is 751. The first-order valence-electron chi connectivity index (χ1n) is 7.66. The van der Waals surface area contributed by atoms with Crippen molar-refractivity contribution in [3.05, 3.63) is 69.7 Å². The molecule has 0 spiro atoms. The molecule has 1 atom stereocenters. The third-order valence-electron chi connectivity index (χ3n) is 4.26. The lowest BCUT2D eigenvalue weighted by atomic mass is 10.0. The van der Waals surface area contributed by atoms with E-state index >= 15 is 0 Å². The van der Waals surface area contributed by atoms with Gasteiger partial charge in [-0.15, -0.1) is 0 Å². The standard InChI is InChI=1S/C18H17BrF2N2O/c1-22-8-9-23(17(11-22)12-2-5-14(20)6-3-12)18(24)15-10-13(19)4-7-16(15)21/h2-7,10,17H,8-9,11H2,1H3. The van der Waals surface area contributed by atoms with E-state index in [1.165, 1.54) is 24.3 Å². The Balaban J connectivity index is 1.95. The number of carbonyl (C=O) groups is 1. The topological polar surface area (TPSA) is 23.6 Å². The van der Waals surface area contributed by atoms with Crippen molar-refractivity contribution in [2.75, 3.05) is 26.7 Å². The van der Waals surface area contributed by atoms with Crippen molar-refractivity contribution < 1.29 is 13.6 Å². The smallest absolute Gasteiger partial charge is 0.257 e. The van der Waals surface area contributed by atoms with Crippen LogP contribution in [0.3, 0.4) is 0 Å². The van der Waals surface area contributed by atoms with Crippen molar-refractivity contribution in [2.24, 2.45) is 0 Å². The van der Waals surface area contributed by atoms with Crippen LogP contribution < -0.4 is 0 Å². The number of likely N-dealkylation sites (N-methyl/N-ethyl adjacent to an activating group) is 1. The van der Waals surface area contributed by atoms with Gasteiger partial charge in [0.15, 0.2) is 0 Å². The number of benzene rings is 2. The molecule has 126 valence electrons. The lowest BCUT2D eigenvalue weighted by Crippen LogP contribution is -2.49. The van der Waals surface area contributed by atoms with E-state index in [0.717, 1.165) is 5.56 Å². The van der Waals surface area contributed by atoms with Crippen LogP contribution in [0.5, 0.6) is 0 Å². The Labute approximate surface area is 148 Å². The zero-order valence-electron chi connectivity index (χ0n) is 13.2. The highest BCUT2D eigenvalue weighted by Gasteiger charge is 2.32. The summed E-state index contributed by atoms with van der Waals surface area (Å²) < 4.78 is 28.0. The van der Waals surface area contributed by atoms with Crippen LogP contribution in [0.15, 0.2) is 46.9 Å². The lowest BCUT2D eigenvalue weighted by molar-refractivity contribution is 0.0493. The number of carbonyl (C=O) groups excluding carboxylic acids is 1. The third kappa shape index (κ3) is 3.49. The molecule has 1 amide bonds. The maximum Gasteiger partial charge on any atom is 0.257 e. The average molecular weight is 395 g/mol. The molecule has 0 saturated carbocycles. The van der Waals surface area contributed by atoms with E-state index in [9.17, 15) is 13.6 Å². The van der Waals surface area contributed by atoms with Crippen molar-refractivity contribution in [1.82, 2.24) is 9.80 Å². The second kappa shape index (κ2) is 6.99. The van der Waals surface area contributed by atoms with Gasteiger partial charge in [-0.25, -0.2) is 8.78 Å². The zero-order chi connectivity index (χ0) is 17.3. The highest BCUT2D eigenvalue weighted by Crippen LogP contribution is 2.28. The monoisotopic (exact) mass is 394 g/mol. The van der Waals surface area contributed by atoms with Crippen molar-refractivity contribution in [3.8, 4) is 0 Å². The first-order valence-corrected chi connectivity index (χ1v) is 8.45. The minimum atomic E-state index is -0.542. The molecule has 6 heteroatoms. The third-order valence-corrected chi connectivity index (χ3v) is 4.75. The summed E-state index contributed by atoms with van der Waals surface area (Å²) in [5.41, 5.74) is 0.882. The second-order valence-corrected chi connectivity index (χ2v) is 6.87. The summed E-state index contributed by atoms with van der Waals surface area (Å²) in [5, 5.41) is 0. The molecule has 1 aliphatic rings. The summed E-state index contributed by atoms with van der Waals surface area (Å²) in [6.45, 7) is 1.81. The van der Waals surface area contributed by atoms with Crippen LogP contribution in [0.4, 0.5) is 8.78 Å². The molecule has 2 aromatic carbocycles. The van der Waals surface area contributed by atoms with Gasteiger partial charge in [-0.2, -0.15) is 0 Å². The summed E-state index contributed by atoms with van der Waals surface area (Å²) in [7, 11) is 1.97. The molecule has 2 aromatic rings. The Morgan fingerprint density at radius 1 is 1.12 bits per heavy atom. The van der Waals surface area contributed by atoms with Gasteiger partial charge in [0, 0.05) is 24.1 Å². The largest absolute Gasteiger partial charge is 0.329 e. The van der Waals surface area contributed by atoms with Gasteiger partial charge in [0.05, 0.1) is 11.6 Å². The molecule has 3 rings (SSSR count). The summed E-state index contributed by atoms with van der Waals surface area (Å²) in [6.07, 6.45) is 0. The lowest BCUT2D eigenvalue weighted by Gasteiger charge is -2.40. The van der Waals surface area contributed by atoms with E-state index in [0.29, 0.717) is 24.1 Å². The van der Waals surface area contributed by atoms with Gasteiger partial charge >= 0.3 is 0 Å². The van der Waals surface area contributed by atoms with Crippen LogP contribution in [-0.4, -0.2) is 42.4 Å². The molecule has 1 heterocycles. The number of hydrogen-bond acceptors (Lipinski definition) is 2. The fourth-order valence-electron chi connectivity index (χ4n) is 2.95. The molecule has 3 nitrogen and oxygen atoms in total. The molecule has 24 heavy (non-hydrogen) atoms. The fourth-order valence-corrected chi connectivity index (χ4v) is 3.31. The molecule has 1 saturated heterocycles. The van der Waals surface area contributed by atoms with Crippen molar-refractivity contribution >= 4 is 21.8 Å². The highest BCUT2D eigenvalue weighted by atomic mass is 79.9. The molecule has 0 aliphatic carbocycles. The first-order chi connectivity index (χ1) is 11.5. The predicted octanol–water partition coefficient (Wildman–Crippen LogP) is 3.86.